The SMILES string of the molecule is O=C(O)c1c(Cl)cccc1OCc1cccc(F)c1. The fourth-order valence-corrected chi connectivity index (χ4v) is 1.87. The lowest BCUT2D eigenvalue weighted by atomic mass is 10.2. The van der Waals surface area contributed by atoms with Crippen LogP contribution in [0.3, 0.4) is 0 Å². The third kappa shape index (κ3) is 3.23. The van der Waals surface area contributed by atoms with Crippen LogP contribution in [0.5, 0.6) is 5.75 Å². The van der Waals surface area contributed by atoms with Gasteiger partial charge in [0, 0.05) is 0 Å². The summed E-state index contributed by atoms with van der Waals surface area (Å²) in [6.07, 6.45) is 0. The number of carboxylic acid groups (broad SMARTS) is 1. The summed E-state index contributed by atoms with van der Waals surface area (Å²) in [6, 6.07) is 10.5. The van der Waals surface area contributed by atoms with E-state index >= 15 is 0 Å². The van der Waals surface area contributed by atoms with Crippen molar-refractivity contribution in [3.05, 3.63) is 64.4 Å². The fourth-order valence-electron chi connectivity index (χ4n) is 1.62. The zero-order valence-electron chi connectivity index (χ0n) is 9.77. The molecule has 0 heterocycles. The molecule has 0 unspecified atom stereocenters. The van der Waals surface area contributed by atoms with Gasteiger partial charge in [0.05, 0.1) is 5.02 Å². The van der Waals surface area contributed by atoms with Gasteiger partial charge in [-0.1, -0.05) is 29.8 Å². The molecule has 0 aromatic heterocycles. The van der Waals surface area contributed by atoms with Crippen LogP contribution in [0.15, 0.2) is 42.5 Å². The summed E-state index contributed by atoms with van der Waals surface area (Å²) in [6.45, 7) is 0.0678. The van der Waals surface area contributed by atoms with Crippen molar-refractivity contribution in [3.63, 3.8) is 0 Å². The van der Waals surface area contributed by atoms with E-state index in [1.54, 1.807) is 18.2 Å². The first kappa shape index (κ1) is 13.4. The Labute approximate surface area is 114 Å². The topological polar surface area (TPSA) is 46.5 Å². The predicted octanol–water partition coefficient (Wildman–Crippen LogP) is 3.76. The summed E-state index contributed by atoms with van der Waals surface area (Å²) in [7, 11) is 0. The number of halogens is 2. The Morgan fingerprint density at radius 2 is 2.00 bits per heavy atom. The van der Waals surface area contributed by atoms with Crippen LogP contribution in [0.25, 0.3) is 0 Å². The number of hydrogen-bond donors (Lipinski definition) is 1. The van der Waals surface area contributed by atoms with Crippen LogP contribution in [0.4, 0.5) is 4.39 Å². The molecule has 0 aliphatic heterocycles. The number of carbonyl (C=O) groups is 1. The van der Waals surface area contributed by atoms with E-state index < -0.39 is 5.97 Å². The molecular formula is C14H10ClFO3. The second-order valence-electron chi connectivity index (χ2n) is 3.84. The molecule has 0 amide bonds. The zero-order chi connectivity index (χ0) is 13.8. The third-order valence-electron chi connectivity index (χ3n) is 2.47. The lowest BCUT2D eigenvalue weighted by molar-refractivity contribution is 0.0692. The van der Waals surface area contributed by atoms with Gasteiger partial charge in [-0.05, 0) is 29.8 Å². The molecule has 19 heavy (non-hydrogen) atoms. The first-order chi connectivity index (χ1) is 9.08. The molecule has 2 rings (SSSR count). The summed E-state index contributed by atoms with van der Waals surface area (Å²) >= 11 is 5.81. The highest BCUT2D eigenvalue weighted by molar-refractivity contribution is 6.33. The van der Waals surface area contributed by atoms with Crippen molar-refractivity contribution in [3.8, 4) is 5.75 Å². The molecule has 0 atom stereocenters. The van der Waals surface area contributed by atoms with Crippen molar-refractivity contribution in [2.24, 2.45) is 0 Å². The van der Waals surface area contributed by atoms with E-state index in [4.69, 9.17) is 21.4 Å². The Hall–Kier alpha value is -2.07. The Morgan fingerprint density at radius 1 is 1.26 bits per heavy atom. The van der Waals surface area contributed by atoms with Gasteiger partial charge in [0.15, 0.2) is 0 Å². The first-order valence-electron chi connectivity index (χ1n) is 5.47. The molecular weight excluding hydrogens is 271 g/mol. The van der Waals surface area contributed by atoms with Crippen LogP contribution >= 0.6 is 11.6 Å². The zero-order valence-corrected chi connectivity index (χ0v) is 10.5. The van der Waals surface area contributed by atoms with E-state index in [2.05, 4.69) is 0 Å². The van der Waals surface area contributed by atoms with Gasteiger partial charge in [-0.3, -0.25) is 0 Å². The van der Waals surface area contributed by atoms with Crippen LogP contribution in [-0.2, 0) is 6.61 Å². The summed E-state index contributed by atoms with van der Waals surface area (Å²) in [5.74, 6) is -1.38. The Kier molecular flexibility index (Phi) is 4.02. The lowest BCUT2D eigenvalue weighted by Gasteiger charge is -2.10. The Morgan fingerprint density at radius 3 is 2.68 bits per heavy atom. The van der Waals surface area contributed by atoms with Crippen molar-refractivity contribution in [1.82, 2.24) is 0 Å². The molecule has 0 saturated carbocycles. The van der Waals surface area contributed by atoms with Crippen molar-refractivity contribution >= 4 is 17.6 Å². The molecule has 0 saturated heterocycles. The molecule has 5 heteroatoms. The molecule has 1 N–H and O–H groups in total. The number of aromatic carboxylic acids is 1. The van der Waals surface area contributed by atoms with E-state index in [9.17, 15) is 9.18 Å². The van der Waals surface area contributed by atoms with Gasteiger partial charge < -0.3 is 9.84 Å². The van der Waals surface area contributed by atoms with E-state index in [-0.39, 0.29) is 28.8 Å². The van der Waals surface area contributed by atoms with E-state index in [1.807, 2.05) is 0 Å². The van der Waals surface area contributed by atoms with Gasteiger partial charge in [0.2, 0.25) is 0 Å². The van der Waals surface area contributed by atoms with Gasteiger partial charge in [0.25, 0.3) is 0 Å². The molecule has 0 fully saturated rings. The highest BCUT2D eigenvalue weighted by Crippen LogP contribution is 2.27. The third-order valence-corrected chi connectivity index (χ3v) is 2.79. The summed E-state index contributed by atoms with van der Waals surface area (Å²) < 4.78 is 18.4. The van der Waals surface area contributed by atoms with Crippen molar-refractivity contribution < 1.29 is 19.0 Å². The number of ether oxygens (including phenoxy) is 1. The van der Waals surface area contributed by atoms with Gasteiger partial charge in [-0.15, -0.1) is 0 Å². The maximum absolute atomic E-state index is 13.0. The van der Waals surface area contributed by atoms with Gasteiger partial charge in [0.1, 0.15) is 23.7 Å². The van der Waals surface area contributed by atoms with E-state index in [0.717, 1.165) is 0 Å². The second kappa shape index (κ2) is 5.71. The largest absolute Gasteiger partial charge is 0.488 e. The molecule has 0 spiro atoms. The summed E-state index contributed by atoms with van der Waals surface area (Å²) in [5.41, 5.74) is 0.511. The molecule has 0 aliphatic rings. The van der Waals surface area contributed by atoms with E-state index in [1.165, 1.54) is 24.3 Å². The van der Waals surface area contributed by atoms with Crippen LogP contribution in [0, 0.1) is 5.82 Å². The van der Waals surface area contributed by atoms with Gasteiger partial charge in [-0.25, -0.2) is 9.18 Å². The van der Waals surface area contributed by atoms with Gasteiger partial charge >= 0.3 is 5.97 Å². The standard InChI is InChI=1S/C14H10ClFO3/c15-11-5-2-6-12(13(11)14(17)18)19-8-9-3-1-4-10(16)7-9/h1-7H,8H2,(H,17,18). The molecule has 2 aromatic rings. The number of carboxylic acids is 1. The average Bonchev–Trinajstić information content (AvgIpc) is 2.36. The fraction of sp³-hybridized carbons (Fsp3) is 0.0714. The monoisotopic (exact) mass is 280 g/mol. The van der Waals surface area contributed by atoms with Crippen LogP contribution in [-0.4, -0.2) is 11.1 Å². The minimum Gasteiger partial charge on any atom is -0.488 e. The van der Waals surface area contributed by atoms with E-state index in [0.29, 0.717) is 5.56 Å². The predicted molar refractivity (Wildman–Crippen MR) is 69.1 cm³/mol. The maximum Gasteiger partial charge on any atom is 0.341 e. The first-order valence-corrected chi connectivity index (χ1v) is 5.85. The maximum atomic E-state index is 13.0. The molecule has 98 valence electrons. The Balaban J connectivity index is 2.20. The smallest absolute Gasteiger partial charge is 0.341 e. The van der Waals surface area contributed by atoms with Crippen molar-refractivity contribution in [2.45, 2.75) is 6.61 Å². The van der Waals surface area contributed by atoms with Crippen LogP contribution in [0.1, 0.15) is 15.9 Å². The number of benzene rings is 2. The highest BCUT2D eigenvalue weighted by atomic mass is 35.5. The highest BCUT2D eigenvalue weighted by Gasteiger charge is 2.15. The molecule has 3 nitrogen and oxygen atoms in total. The minimum absolute atomic E-state index is 0.0678. The molecule has 0 radical (unpaired) electrons. The molecule has 2 aromatic carbocycles. The minimum atomic E-state index is -1.17. The summed E-state index contributed by atoms with van der Waals surface area (Å²) in [4.78, 5) is 11.1. The van der Waals surface area contributed by atoms with Crippen LogP contribution in [0.2, 0.25) is 5.02 Å². The summed E-state index contributed by atoms with van der Waals surface area (Å²) in [5, 5.41) is 9.16. The normalized spacial score (nSPS) is 10.2. The van der Waals surface area contributed by atoms with Gasteiger partial charge in [-0.2, -0.15) is 0 Å². The quantitative estimate of drug-likeness (QED) is 0.927. The average molecular weight is 281 g/mol. The Bertz CT molecular complexity index is 613. The van der Waals surface area contributed by atoms with Crippen molar-refractivity contribution in [2.75, 3.05) is 0 Å². The van der Waals surface area contributed by atoms with Crippen LogP contribution < -0.4 is 4.74 Å². The molecule has 0 aliphatic carbocycles. The van der Waals surface area contributed by atoms with Crippen molar-refractivity contribution in [1.29, 1.82) is 0 Å². The second-order valence-corrected chi connectivity index (χ2v) is 4.24. The number of rotatable bonds is 4. The lowest BCUT2D eigenvalue weighted by Crippen LogP contribution is -2.04. The molecule has 0 bridgehead atoms. The number of hydrogen-bond acceptors (Lipinski definition) is 2.